The zero-order valence-electron chi connectivity index (χ0n) is 6.81. The molecule has 0 spiro atoms. The Morgan fingerprint density at radius 2 is 2.00 bits per heavy atom. The van der Waals surface area contributed by atoms with Crippen molar-refractivity contribution in [1.82, 2.24) is 0 Å². The number of nitro groups is 1. The highest BCUT2D eigenvalue weighted by molar-refractivity contribution is 5.68. The van der Waals surface area contributed by atoms with Gasteiger partial charge < -0.3 is 15.9 Å². The van der Waals surface area contributed by atoms with Crippen molar-refractivity contribution < 1.29 is 15.1 Å². The zero-order valence-corrected chi connectivity index (χ0v) is 6.81. The third-order valence-electron chi connectivity index (χ3n) is 1.73. The lowest BCUT2D eigenvalue weighted by Gasteiger charge is -2.04. The first-order valence-electron chi connectivity index (χ1n) is 3.40. The number of benzene rings is 1. The van der Waals surface area contributed by atoms with Gasteiger partial charge in [-0.25, -0.2) is 0 Å². The van der Waals surface area contributed by atoms with E-state index in [9.17, 15) is 15.2 Å². The molecular formula is C7H8N2O4. The Morgan fingerprint density at radius 3 is 2.46 bits per heavy atom. The maximum absolute atomic E-state index is 10.4. The Labute approximate surface area is 73.4 Å². The van der Waals surface area contributed by atoms with Crippen LogP contribution in [0.1, 0.15) is 5.56 Å². The molecule has 0 unspecified atom stereocenters. The molecule has 4 N–H and O–H groups in total. The van der Waals surface area contributed by atoms with E-state index in [1.807, 2.05) is 0 Å². The van der Waals surface area contributed by atoms with Gasteiger partial charge >= 0.3 is 0 Å². The number of nitro benzene ring substituents is 1. The first-order valence-corrected chi connectivity index (χ1v) is 3.40. The molecule has 0 fully saturated rings. The number of nitrogen functional groups attached to an aromatic ring is 1. The van der Waals surface area contributed by atoms with Crippen LogP contribution in [-0.4, -0.2) is 15.1 Å². The summed E-state index contributed by atoms with van der Waals surface area (Å²) in [4.78, 5) is 9.72. The number of nitrogens with two attached hydrogens (primary N) is 1. The minimum atomic E-state index is -0.676. The largest absolute Gasteiger partial charge is 0.504 e. The van der Waals surface area contributed by atoms with Crippen LogP contribution >= 0.6 is 0 Å². The van der Waals surface area contributed by atoms with Gasteiger partial charge in [-0.2, -0.15) is 0 Å². The van der Waals surface area contributed by atoms with Gasteiger partial charge in [0, 0.05) is 6.07 Å². The quantitative estimate of drug-likeness (QED) is 0.260. The smallest absolute Gasteiger partial charge is 0.278 e. The summed E-state index contributed by atoms with van der Waals surface area (Å²) >= 11 is 0. The Bertz CT molecular complexity index is 375. The highest BCUT2D eigenvalue weighted by Gasteiger charge is 2.19. The van der Waals surface area contributed by atoms with E-state index in [1.165, 1.54) is 6.92 Å². The molecule has 70 valence electrons. The summed E-state index contributed by atoms with van der Waals surface area (Å²) in [5, 5.41) is 28.7. The summed E-state index contributed by atoms with van der Waals surface area (Å²) in [6, 6.07) is 1.00. The molecule has 0 aliphatic heterocycles. The van der Waals surface area contributed by atoms with Gasteiger partial charge in [0.2, 0.25) is 0 Å². The minimum Gasteiger partial charge on any atom is -0.504 e. The normalized spacial score (nSPS) is 9.92. The lowest BCUT2D eigenvalue weighted by Crippen LogP contribution is -1.95. The molecule has 0 amide bonds. The van der Waals surface area contributed by atoms with Gasteiger partial charge in [0.1, 0.15) is 0 Å². The first-order chi connectivity index (χ1) is 5.95. The Balaban J connectivity index is 3.50. The highest BCUT2D eigenvalue weighted by Crippen LogP contribution is 2.39. The number of aromatic hydroxyl groups is 2. The van der Waals surface area contributed by atoms with E-state index >= 15 is 0 Å². The van der Waals surface area contributed by atoms with Crippen molar-refractivity contribution in [3.8, 4) is 11.5 Å². The molecule has 6 heteroatoms. The maximum Gasteiger partial charge on any atom is 0.278 e. The predicted molar refractivity (Wildman–Crippen MR) is 45.6 cm³/mol. The van der Waals surface area contributed by atoms with Crippen molar-refractivity contribution in [2.75, 3.05) is 5.73 Å². The summed E-state index contributed by atoms with van der Waals surface area (Å²) in [7, 11) is 0. The Hall–Kier alpha value is -1.98. The number of hydrogen-bond donors (Lipinski definition) is 3. The SMILES string of the molecule is Cc1c([N+](=O)[O-])cc(N)c(O)c1O. The molecule has 0 atom stereocenters. The molecule has 1 rings (SSSR count). The number of anilines is 1. The van der Waals surface area contributed by atoms with E-state index in [4.69, 9.17) is 10.8 Å². The van der Waals surface area contributed by atoms with Gasteiger partial charge in [0.05, 0.1) is 16.2 Å². The van der Waals surface area contributed by atoms with Crippen LogP contribution in [0.25, 0.3) is 0 Å². The topological polar surface area (TPSA) is 110 Å². The standard InChI is InChI=1S/C7H8N2O4/c1-3-5(9(12)13)2-4(8)7(11)6(3)10/h2,10-11H,8H2,1H3. The first kappa shape index (κ1) is 9.11. The van der Waals surface area contributed by atoms with Gasteiger partial charge in [0.15, 0.2) is 11.5 Å². The van der Waals surface area contributed by atoms with Crippen LogP contribution in [0.2, 0.25) is 0 Å². The lowest BCUT2D eigenvalue weighted by atomic mass is 10.1. The van der Waals surface area contributed by atoms with E-state index in [2.05, 4.69) is 0 Å². The van der Waals surface area contributed by atoms with Crippen molar-refractivity contribution in [3.05, 3.63) is 21.7 Å². The monoisotopic (exact) mass is 184 g/mol. The van der Waals surface area contributed by atoms with E-state index in [0.717, 1.165) is 6.07 Å². The van der Waals surface area contributed by atoms with Crippen molar-refractivity contribution in [2.45, 2.75) is 6.92 Å². The number of nitrogens with zero attached hydrogens (tertiary/aromatic N) is 1. The molecule has 0 saturated heterocycles. The van der Waals surface area contributed by atoms with Crippen LogP contribution in [0, 0.1) is 17.0 Å². The second-order valence-corrected chi connectivity index (χ2v) is 2.56. The fraction of sp³-hybridized carbons (Fsp3) is 0.143. The van der Waals surface area contributed by atoms with Gasteiger partial charge in [0.25, 0.3) is 5.69 Å². The van der Waals surface area contributed by atoms with Crippen LogP contribution in [0.5, 0.6) is 11.5 Å². The molecule has 1 aromatic rings. The van der Waals surface area contributed by atoms with Crippen molar-refractivity contribution in [3.63, 3.8) is 0 Å². The van der Waals surface area contributed by atoms with Crippen molar-refractivity contribution in [1.29, 1.82) is 0 Å². The molecule has 0 radical (unpaired) electrons. The van der Waals surface area contributed by atoms with Gasteiger partial charge in [-0.1, -0.05) is 0 Å². The second kappa shape index (κ2) is 2.81. The highest BCUT2D eigenvalue weighted by atomic mass is 16.6. The average molecular weight is 184 g/mol. The molecule has 0 saturated carbocycles. The summed E-state index contributed by atoms with van der Waals surface area (Å²) < 4.78 is 0. The third kappa shape index (κ3) is 1.33. The Morgan fingerprint density at radius 1 is 1.46 bits per heavy atom. The van der Waals surface area contributed by atoms with Crippen LogP contribution < -0.4 is 5.73 Å². The fourth-order valence-electron chi connectivity index (χ4n) is 0.949. The van der Waals surface area contributed by atoms with Gasteiger partial charge in [-0.05, 0) is 6.92 Å². The molecule has 0 aliphatic rings. The summed E-state index contributed by atoms with van der Waals surface area (Å²) in [5.41, 5.74) is 4.69. The number of phenols is 2. The molecule has 0 aromatic heterocycles. The van der Waals surface area contributed by atoms with Crippen molar-refractivity contribution in [2.24, 2.45) is 0 Å². The molecule has 0 heterocycles. The van der Waals surface area contributed by atoms with E-state index in [-0.39, 0.29) is 16.9 Å². The van der Waals surface area contributed by atoms with Crippen LogP contribution in [0.3, 0.4) is 0 Å². The second-order valence-electron chi connectivity index (χ2n) is 2.56. The fourth-order valence-corrected chi connectivity index (χ4v) is 0.949. The van der Waals surface area contributed by atoms with E-state index in [0.29, 0.717) is 0 Å². The summed E-state index contributed by atoms with van der Waals surface area (Å²) in [6.45, 7) is 1.33. The minimum absolute atomic E-state index is 0.00306. The van der Waals surface area contributed by atoms with Gasteiger partial charge in [-0.15, -0.1) is 0 Å². The average Bonchev–Trinajstić information content (AvgIpc) is 2.07. The number of hydrogen-bond acceptors (Lipinski definition) is 5. The van der Waals surface area contributed by atoms with E-state index < -0.39 is 16.4 Å². The molecule has 0 aliphatic carbocycles. The van der Waals surface area contributed by atoms with Crippen LogP contribution in [0.4, 0.5) is 11.4 Å². The van der Waals surface area contributed by atoms with E-state index in [1.54, 1.807) is 0 Å². The summed E-state index contributed by atoms with van der Waals surface area (Å²) in [6.07, 6.45) is 0. The van der Waals surface area contributed by atoms with Crippen LogP contribution in [-0.2, 0) is 0 Å². The molecule has 13 heavy (non-hydrogen) atoms. The number of phenolic OH excluding ortho intramolecular Hbond substituents is 2. The van der Waals surface area contributed by atoms with Crippen molar-refractivity contribution >= 4 is 11.4 Å². The summed E-state index contributed by atoms with van der Waals surface area (Å²) in [5.74, 6) is -1.07. The third-order valence-corrected chi connectivity index (χ3v) is 1.73. The number of rotatable bonds is 1. The Kier molecular flexibility index (Phi) is 1.97. The zero-order chi connectivity index (χ0) is 10.2. The lowest BCUT2D eigenvalue weighted by molar-refractivity contribution is -0.385. The predicted octanol–water partition coefficient (Wildman–Crippen LogP) is 0.897. The van der Waals surface area contributed by atoms with Crippen LogP contribution in [0.15, 0.2) is 6.07 Å². The molecule has 0 bridgehead atoms. The molecule has 6 nitrogen and oxygen atoms in total. The molecule has 1 aromatic carbocycles. The van der Waals surface area contributed by atoms with Gasteiger partial charge in [-0.3, -0.25) is 10.1 Å². The maximum atomic E-state index is 10.4. The molecular weight excluding hydrogens is 176 g/mol.